The minimum Gasteiger partial charge on any atom is -0.362 e. The monoisotopic (exact) mass is 272 g/mol. The maximum absolute atomic E-state index is 13.7. The van der Waals surface area contributed by atoms with E-state index in [0.717, 1.165) is 25.1 Å². The Morgan fingerprint density at radius 1 is 1.32 bits per heavy atom. The predicted octanol–water partition coefficient (Wildman–Crippen LogP) is 3.93. The molecule has 1 aromatic heterocycles. The predicted molar refractivity (Wildman–Crippen MR) is 74.6 cm³/mol. The highest BCUT2D eigenvalue weighted by atomic mass is 32.1. The standard InChI is InChI=1S/C15H13FN2S/c16-14-4-1-5-15(13(14)9-17)18(11-6-7-11)10-12-3-2-8-19-12/h1-5,8,11H,6-7,10H2. The SMILES string of the molecule is N#Cc1c(F)cccc1N(Cc1cccs1)C1CC1. The third-order valence-corrected chi connectivity index (χ3v) is 4.17. The van der Waals surface area contributed by atoms with Gasteiger partial charge < -0.3 is 4.90 Å². The molecule has 2 aromatic rings. The van der Waals surface area contributed by atoms with Crippen molar-refractivity contribution in [3.05, 3.63) is 52.0 Å². The zero-order valence-electron chi connectivity index (χ0n) is 10.3. The van der Waals surface area contributed by atoms with Crippen molar-refractivity contribution >= 4 is 17.0 Å². The van der Waals surface area contributed by atoms with Crippen LogP contribution in [0.3, 0.4) is 0 Å². The summed E-state index contributed by atoms with van der Waals surface area (Å²) in [5.74, 6) is -0.433. The van der Waals surface area contributed by atoms with Gasteiger partial charge in [-0.3, -0.25) is 0 Å². The molecule has 0 atom stereocenters. The second-order valence-corrected chi connectivity index (χ2v) is 5.72. The fourth-order valence-corrected chi connectivity index (χ4v) is 2.93. The lowest BCUT2D eigenvalue weighted by molar-refractivity contribution is 0.622. The van der Waals surface area contributed by atoms with E-state index in [4.69, 9.17) is 5.26 Å². The molecule has 0 unspecified atom stereocenters. The Morgan fingerprint density at radius 3 is 2.79 bits per heavy atom. The Labute approximate surface area is 115 Å². The molecule has 3 rings (SSSR count). The molecule has 0 bridgehead atoms. The summed E-state index contributed by atoms with van der Waals surface area (Å²) in [6.45, 7) is 0.750. The molecule has 19 heavy (non-hydrogen) atoms. The van der Waals surface area contributed by atoms with Crippen molar-refractivity contribution in [2.24, 2.45) is 0 Å². The minimum absolute atomic E-state index is 0.158. The topological polar surface area (TPSA) is 27.0 Å². The minimum atomic E-state index is -0.433. The maximum atomic E-state index is 13.7. The third kappa shape index (κ3) is 2.47. The van der Waals surface area contributed by atoms with Crippen LogP contribution in [-0.4, -0.2) is 6.04 Å². The molecule has 2 nitrogen and oxygen atoms in total. The molecule has 0 aliphatic heterocycles. The van der Waals surface area contributed by atoms with E-state index >= 15 is 0 Å². The zero-order valence-corrected chi connectivity index (χ0v) is 11.2. The van der Waals surface area contributed by atoms with Crippen LogP contribution in [0.5, 0.6) is 0 Å². The zero-order chi connectivity index (χ0) is 13.2. The van der Waals surface area contributed by atoms with Crippen molar-refractivity contribution in [3.63, 3.8) is 0 Å². The molecular formula is C15H13FN2S. The highest BCUT2D eigenvalue weighted by Crippen LogP contribution is 2.35. The highest BCUT2D eigenvalue weighted by Gasteiger charge is 2.31. The summed E-state index contributed by atoms with van der Waals surface area (Å²) >= 11 is 1.69. The van der Waals surface area contributed by atoms with Crippen LogP contribution in [-0.2, 0) is 6.54 Å². The largest absolute Gasteiger partial charge is 0.362 e. The third-order valence-electron chi connectivity index (χ3n) is 3.31. The summed E-state index contributed by atoms with van der Waals surface area (Å²) in [5, 5.41) is 11.2. The summed E-state index contributed by atoms with van der Waals surface area (Å²) < 4.78 is 13.7. The van der Waals surface area contributed by atoms with E-state index in [1.807, 2.05) is 23.6 Å². The van der Waals surface area contributed by atoms with Crippen LogP contribution in [0.15, 0.2) is 35.7 Å². The van der Waals surface area contributed by atoms with Crippen LogP contribution in [0.25, 0.3) is 0 Å². The summed E-state index contributed by atoms with van der Waals surface area (Å²) in [6.07, 6.45) is 2.24. The van der Waals surface area contributed by atoms with Crippen LogP contribution in [0.2, 0.25) is 0 Å². The fraction of sp³-hybridized carbons (Fsp3) is 0.267. The van der Waals surface area contributed by atoms with Crippen molar-refractivity contribution in [2.75, 3.05) is 4.90 Å². The van der Waals surface area contributed by atoms with Gasteiger partial charge in [0.2, 0.25) is 0 Å². The van der Waals surface area contributed by atoms with Crippen molar-refractivity contribution < 1.29 is 4.39 Å². The van der Waals surface area contributed by atoms with Crippen LogP contribution in [0.1, 0.15) is 23.3 Å². The average molecular weight is 272 g/mol. The normalized spacial score (nSPS) is 14.1. The Hall–Kier alpha value is -1.86. The number of hydrogen-bond donors (Lipinski definition) is 0. The summed E-state index contributed by atoms with van der Waals surface area (Å²) in [4.78, 5) is 3.40. The molecule has 4 heteroatoms. The first-order valence-electron chi connectivity index (χ1n) is 6.27. The molecule has 1 heterocycles. The molecule has 0 N–H and O–H groups in total. The van der Waals surface area contributed by atoms with Gasteiger partial charge in [0.1, 0.15) is 17.4 Å². The van der Waals surface area contributed by atoms with Gasteiger partial charge in [-0.25, -0.2) is 4.39 Å². The Balaban J connectivity index is 1.97. The van der Waals surface area contributed by atoms with Crippen LogP contribution in [0, 0.1) is 17.1 Å². The second-order valence-electron chi connectivity index (χ2n) is 4.68. The van der Waals surface area contributed by atoms with Crippen molar-refractivity contribution in [1.82, 2.24) is 0 Å². The van der Waals surface area contributed by atoms with E-state index < -0.39 is 5.82 Å². The summed E-state index contributed by atoms with van der Waals surface area (Å²) in [6, 6.07) is 11.4. The highest BCUT2D eigenvalue weighted by molar-refractivity contribution is 7.09. The molecule has 1 fully saturated rings. The van der Waals surface area contributed by atoms with E-state index in [-0.39, 0.29) is 5.56 Å². The van der Waals surface area contributed by atoms with Gasteiger partial charge in [-0.05, 0) is 36.4 Å². The molecule has 0 amide bonds. The molecule has 0 spiro atoms. The number of hydrogen-bond acceptors (Lipinski definition) is 3. The Morgan fingerprint density at radius 2 is 2.16 bits per heavy atom. The van der Waals surface area contributed by atoms with Crippen LogP contribution >= 0.6 is 11.3 Å². The van der Waals surface area contributed by atoms with Crippen molar-refractivity contribution in [3.8, 4) is 6.07 Å². The van der Waals surface area contributed by atoms with Crippen LogP contribution < -0.4 is 4.90 Å². The van der Waals surface area contributed by atoms with Gasteiger partial charge >= 0.3 is 0 Å². The van der Waals surface area contributed by atoms with Gasteiger partial charge in [-0.1, -0.05) is 12.1 Å². The van der Waals surface area contributed by atoms with E-state index in [1.54, 1.807) is 17.4 Å². The van der Waals surface area contributed by atoms with Crippen molar-refractivity contribution in [2.45, 2.75) is 25.4 Å². The van der Waals surface area contributed by atoms with E-state index in [0.29, 0.717) is 6.04 Å². The van der Waals surface area contributed by atoms with Gasteiger partial charge in [0.25, 0.3) is 0 Å². The number of halogens is 1. The number of thiophene rings is 1. The number of nitriles is 1. The fourth-order valence-electron chi connectivity index (χ4n) is 2.23. The second kappa shape index (κ2) is 5.02. The first-order chi connectivity index (χ1) is 9.29. The van der Waals surface area contributed by atoms with E-state index in [1.165, 1.54) is 10.9 Å². The molecule has 0 saturated heterocycles. The Bertz CT molecular complexity index is 612. The summed E-state index contributed by atoms with van der Waals surface area (Å²) in [5.41, 5.74) is 0.879. The Kier molecular flexibility index (Phi) is 3.22. The molecule has 0 radical (unpaired) electrons. The van der Waals surface area contributed by atoms with E-state index in [2.05, 4.69) is 11.0 Å². The molecule has 1 aromatic carbocycles. The van der Waals surface area contributed by atoms with Crippen molar-refractivity contribution in [1.29, 1.82) is 5.26 Å². The van der Waals surface area contributed by atoms with Gasteiger partial charge in [0.05, 0.1) is 12.2 Å². The smallest absolute Gasteiger partial charge is 0.143 e. The lowest BCUT2D eigenvalue weighted by Gasteiger charge is -2.25. The van der Waals surface area contributed by atoms with Gasteiger partial charge in [-0.2, -0.15) is 5.26 Å². The molecule has 1 aliphatic rings. The van der Waals surface area contributed by atoms with Crippen LogP contribution in [0.4, 0.5) is 10.1 Å². The van der Waals surface area contributed by atoms with Gasteiger partial charge in [0, 0.05) is 10.9 Å². The first kappa shape index (κ1) is 12.2. The lowest BCUT2D eigenvalue weighted by Crippen LogP contribution is -2.25. The quantitative estimate of drug-likeness (QED) is 0.843. The number of nitrogens with zero attached hydrogens (tertiary/aromatic N) is 2. The summed E-state index contributed by atoms with van der Waals surface area (Å²) in [7, 11) is 0. The number of rotatable bonds is 4. The molecule has 1 aliphatic carbocycles. The number of benzene rings is 1. The first-order valence-corrected chi connectivity index (χ1v) is 7.15. The van der Waals surface area contributed by atoms with Gasteiger partial charge in [0.15, 0.2) is 0 Å². The molecule has 1 saturated carbocycles. The molecular weight excluding hydrogens is 259 g/mol. The maximum Gasteiger partial charge on any atom is 0.143 e. The molecule has 96 valence electrons. The average Bonchev–Trinajstić information content (AvgIpc) is 3.13. The van der Waals surface area contributed by atoms with Gasteiger partial charge in [-0.15, -0.1) is 11.3 Å². The lowest BCUT2D eigenvalue weighted by atomic mass is 10.1. The number of anilines is 1. The van der Waals surface area contributed by atoms with E-state index in [9.17, 15) is 4.39 Å².